The molecular formula is C9H15N3. The van der Waals surface area contributed by atoms with Gasteiger partial charge in [-0.05, 0) is 31.4 Å². The van der Waals surface area contributed by atoms with Gasteiger partial charge in [0.15, 0.2) is 0 Å². The summed E-state index contributed by atoms with van der Waals surface area (Å²) in [6.07, 6.45) is 4.72. The lowest BCUT2D eigenvalue weighted by Crippen LogP contribution is -2.11. The SMILES string of the molecule is CNCc1c(C2CC2)cnn1C. The summed E-state index contributed by atoms with van der Waals surface area (Å²) in [5.41, 5.74) is 2.80. The molecule has 1 N–H and O–H groups in total. The molecule has 0 amide bonds. The Morgan fingerprint density at radius 2 is 2.42 bits per heavy atom. The van der Waals surface area contributed by atoms with Crippen LogP contribution in [0.25, 0.3) is 0 Å². The normalized spacial score (nSPS) is 16.8. The molecule has 1 heterocycles. The molecule has 3 heteroatoms. The first-order chi connectivity index (χ1) is 5.83. The number of nitrogens with one attached hydrogen (secondary N) is 1. The molecule has 1 aromatic rings. The number of aromatic nitrogens is 2. The van der Waals surface area contributed by atoms with Crippen LogP contribution in [0, 0.1) is 0 Å². The van der Waals surface area contributed by atoms with Gasteiger partial charge in [-0.25, -0.2) is 0 Å². The van der Waals surface area contributed by atoms with Gasteiger partial charge in [-0.3, -0.25) is 4.68 Å². The van der Waals surface area contributed by atoms with Crippen molar-refractivity contribution in [2.24, 2.45) is 7.05 Å². The van der Waals surface area contributed by atoms with Crippen molar-refractivity contribution in [3.63, 3.8) is 0 Å². The number of rotatable bonds is 3. The summed E-state index contributed by atoms with van der Waals surface area (Å²) in [5, 5.41) is 7.45. The topological polar surface area (TPSA) is 29.9 Å². The highest BCUT2D eigenvalue weighted by atomic mass is 15.3. The first kappa shape index (κ1) is 7.80. The minimum Gasteiger partial charge on any atom is -0.314 e. The van der Waals surface area contributed by atoms with Crippen LogP contribution in [-0.2, 0) is 13.6 Å². The molecule has 1 aliphatic rings. The van der Waals surface area contributed by atoms with Crippen LogP contribution in [0.5, 0.6) is 0 Å². The third kappa shape index (κ3) is 1.25. The van der Waals surface area contributed by atoms with E-state index in [9.17, 15) is 0 Å². The van der Waals surface area contributed by atoms with E-state index in [1.54, 1.807) is 0 Å². The standard InChI is InChI=1S/C9H15N3/c1-10-6-9-8(7-3-4-7)5-11-12(9)2/h5,7,10H,3-4,6H2,1-2H3. The van der Waals surface area contributed by atoms with Gasteiger partial charge in [0.1, 0.15) is 0 Å². The molecule has 2 rings (SSSR count). The van der Waals surface area contributed by atoms with Gasteiger partial charge in [0.05, 0.1) is 11.9 Å². The second kappa shape index (κ2) is 2.90. The molecule has 0 saturated heterocycles. The van der Waals surface area contributed by atoms with Crippen LogP contribution < -0.4 is 5.32 Å². The van der Waals surface area contributed by atoms with E-state index in [0.29, 0.717) is 0 Å². The van der Waals surface area contributed by atoms with E-state index >= 15 is 0 Å². The van der Waals surface area contributed by atoms with Gasteiger partial charge in [0.25, 0.3) is 0 Å². The molecule has 0 unspecified atom stereocenters. The van der Waals surface area contributed by atoms with Crippen molar-refractivity contribution in [2.75, 3.05) is 7.05 Å². The van der Waals surface area contributed by atoms with Crippen molar-refractivity contribution in [2.45, 2.75) is 25.3 Å². The van der Waals surface area contributed by atoms with E-state index < -0.39 is 0 Å². The monoisotopic (exact) mass is 165 g/mol. The zero-order valence-electron chi connectivity index (χ0n) is 7.67. The Morgan fingerprint density at radius 1 is 1.67 bits per heavy atom. The van der Waals surface area contributed by atoms with Crippen LogP contribution in [0.2, 0.25) is 0 Å². The minimum absolute atomic E-state index is 0.807. The Hall–Kier alpha value is -0.830. The van der Waals surface area contributed by atoms with Crippen molar-refractivity contribution in [3.8, 4) is 0 Å². The quantitative estimate of drug-likeness (QED) is 0.724. The molecule has 0 spiro atoms. The van der Waals surface area contributed by atoms with E-state index in [2.05, 4.69) is 10.4 Å². The van der Waals surface area contributed by atoms with Crippen LogP contribution >= 0.6 is 0 Å². The maximum atomic E-state index is 4.27. The number of nitrogens with zero attached hydrogens (tertiary/aromatic N) is 2. The molecule has 1 aromatic heterocycles. The van der Waals surface area contributed by atoms with Crippen LogP contribution in [-0.4, -0.2) is 16.8 Å². The molecule has 1 saturated carbocycles. The van der Waals surface area contributed by atoms with Crippen molar-refractivity contribution in [3.05, 3.63) is 17.5 Å². The fourth-order valence-corrected chi connectivity index (χ4v) is 1.60. The average molecular weight is 165 g/mol. The number of aryl methyl sites for hydroxylation is 1. The number of hydrogen-bond acceptors (Lipinski definition) is 2. The predicted octanol–water partition coefficient (Wildman–Crippen LogP) is 1.02. The second-order valence-electron chi connectivity index (χ2n) is 3.47. The lowest BCUT2D eigenvalue weighted by molar-refractivity contribution is 0.667. The van der Waals surface area contributed by atoms with Crippen molar-refractivity contribution in [1.82, 2.24) is 15.1 Å². The van der Waals surface area contributed by atoms with Gasteiger partial charge < -0.3 is 5.32 Å². The minimum atomic E-state index is 0.807. The molecule has 0 atom stereocenters. The predicted molar refractivity (Wildman–Crippen MR) is 47.9 cm³/mol. The molecule has 12 heavy (non-hydrogen) atoms. The Bertz CT molecular complexity index is 273. The second-order valence-corrected chi connectivity index (χ2v) is 3.47. The molecule has 0 bridgehead atoms. The summed E-state index contributed by atoms with van der Waals surface area (Å²) in [5.74, 6) is 0.807. The fourth-order valence-electron chi connectivity index (χ4n) is 1.60. The summed E-state index contributed by atoms with van der Waals surface area (Å²) >= 11 is 0. The van der Waals surface area contributed by atoms with Crippen LogP contribution in [0.3, 0.4) is 0 Å². The molecular weight excluding hydrogens is 150 g/mol. The highest BCUT2D eigenvalue weighted by Gasteiger charge is 2.27. The first-order valence-corrected chi connectivity index (χ1v) is 4.48. The zero-order chi connectivity index (χ0) is 8.55. The molecule has 66 valence electrons. The number of hydrogen-bond donors (Lipinski definition) is 1. The van der Waals surface area contributed by atoms with E-state index in [-0.39, 0.29) is 0 Å². The Morgan fingerprint density at radius 3 is 3.00 bits per heavy atom. The Balaban J connectivity index is 2.26. The molecule has 3 nitrogen and oxygen atoms in total. The highest BCUT2D eigenvalue weighted by Crippen LogP contribution is 2.41. The Kier molecular flexibility index (Phi) is 1.89. The van der Waals surface area contributed by atoms with Gasteiger partial charge in [-0.1, -0.05) is 0 Å². The summed E-state index contributed by atoms with van der Waals surface area (Å²) in [4.78, 5) is 0. The van der Waals surface area contributed by atoms with E-state index in [0.717, 1.165) is 12.5 Å². The smallest absolute Gasteiger partial charge is 0.0553 e. The van der Waals surface area contributed by atoms with Crippen molar-refractivity contribution >= 4 is 0 Å². The third-order valence-corrected chi connectivity index (χ3v) is 2.46. The van der Waals surface area contributed by atoms with Crippen molar-refractivity contribution in [1.29, 1.82) is 0 Å². The summed E-state index contributed by atoms with van der Waals surface area (Å²) in [7, 11) is 3.99. The molecule has 0 radical (unpaired) electrons. The van der Waals surface area contributed by atoms with Crippen LogP contribution in [0.15, 0.2) is 6.20 Å². The maximum Gasteiger partial charge on any atom is 0.0553 e. The fraction of sp³-hybridized carbons (Fsp3) is 0.667. The Labute approximate surface area is 72.8 Å². The van der Waals surface area contributed by atoms with E-state index in [1.165, 1.54) is 24.1 Å². The van der Waals surface area contributed by atoms with Crippen molar-refractivity contribution < 1.29 is 0 Å². The summed E-state index contributed by atoms with van der Waals surface area (Å²) < 4.78 is 1.98. The van der Waals surface area contributed by atoms with Gasteiger partial charge >= 0.3 is 0 Å². The maximum absolute atomic E-state index is 4.27. The average Bonchev–Trinajstić information content (AvgIpc) is 2.82. The molecule has 1 fully saturated rings. The zero-order valence-corrected chi connectivity index (χ0v) is 7.67. The first-order valence-electron chi connectivity index (χ1n) is 4.48. The molecule has 0 aromatic carbocycles. The van der Waals surface area contributed by atoms with Crippen LogP contribution in [0.1, 0.15) is 30.0 Å². The van der Waals surface area contributed by atoms with Gasteiger partial charge in [0, 0.05) is 13.6 Å². The van der Waals surface area contributed by atoms with E-state index in [1.807, 2.05) is 25.0 Å². The third-order valence-electron chi connectivity index (χ3n) is 2.46. The lowest BCUT2D eigenvalue weighted by atomic mass is 10.1. The molecule has 1 aliphatic carbocycles. The van der Waals surface area contributed by atoms with Gasteiger partial charge in [0.2, 0.25) is 0 Å². The summed E-state index contributed by atoms with van der Waals surface area (Å²) in [6, 6.07) is 0. The highest BCUT2D eigenvalue weighted by molar-refractivity contribution is 5.26. The largest absolute Gasteiger partial charge is 0.314 e. The van der Waals surface area contributed by atoms with Crippen LogP contribution in [0.4, 0.5) is 0 Å². The van der Waals surface area contributed by atoms with Gasteiger partial charge in [-0.2, -0.15) is 5.10 Å². The molecule has 0 aliphatic heterocycles. The van der Waals surface area contributed by atoms with E-state index in [4.69, 9.17) is 0 Å². The van der Waals surface area contributed by atoms with Gasteiger partial charge in [-0.15, -0.1) is 0 Å². The lowest BCUT2D eigenvalue weighted by Gasteiger charge is -2.03. The summed E-state index contributed by atoms with van der Waals surface area (Å²) in [6.45, 7) is 0.933.